The van der Waals surface area contributed by atoms with Gasteiger partial charge < -0.3 is 5.11 Å². The minimum absolute atomic E-state index is 0.0488. The van der Waals surface area contributed by atoms with Crippen LogP contribution in [0.3, 0.4) is 0 Å². The molecule has 3 heteroatoms. The van der Waals surface area contributed by atoms with E-state index >= 15 is 0 Å². The van der Waals surface area contributed by atoms with Crippen molar-refractivity contribution >= 4 is 27.5 Å². The highest BCUT2D eigenvalue weighted by Crippen LogP contribution is 2.16. The van der Waals surface area contributed by atoms with Gasteiger partial charge in [-0.25, -0.2) is 0 Å². The van der Waals surface area contributed by atoms with Crippen molar-refractivity contribution in [2.45, 2.75) is 13.0 Å². The van der Waals surface area contributed by atoms with Crippen LogP contribution >= 0.6 is 27.5 Å². The molecule has 0 fully saturated rings. The molecule has 0 aliphatic heterocycles. The molecule has 0 bridgehead atoms. The average Bonchev–Trinajstić information content (AvgIpc) is 2.21. The van der Waals surface area contributed by atoms with Crippen LogP contribution in [-0.2, 0) is 6.61 Å². The minimum atomic E-state index is -0.0488. The molecular formula is C11H10BrClO. The number of alkyl halides is 1. The molecule has 0 spiro atoms. The maximum absolute atomic E-state index is 8.97. The van der Waals surface area contributed by atoms with Crippen LogP contribution in [0.4, 0.5) is 0 Å². The molecule has 1 nitrogen and oxygen atoms in total. The first kappa shape index (κ1) is 11.6. The van der Waals surface area contributed by atoms with Gasteiger partial charge in [0.05, 0.1) is 6.61 Å². The molecule has 0 aliphatic carbocycles. The summed E-state index contributed by atoms with van der Waals surface area (Å²) in [6.45, 7) is -0.0488. The lowest BCUT2D eigenvalue weighted by Gasteiger charge is -1.99. The van der Waals surface area contributed by atoms with Crippen LogP contribution in [-0.4, -0.2) is 10.4 Å². The Balaban J connectivity index is 2.86. The van der Waals surface area contributed by atoms with Crippen molar-refractivity contribution in [1.82, 2.24) is 0 Å². The number of aliphatic hydroxyl groups excluding tert-OH is 1. The monoisotopic (exact) mass is 272 g/mol. The Morgan fingerprint density at radius 1 is 1.43 bits per heavy atom. The quantitative estimate of drug-likeness (QED) is 0.649. The zero-order valence-electron chi connectivity index (χ0n) is 7.56. The Kier molecular flexibility index (Phi) is 5.03. The van der Waals surface area contributed by atoms with E-state index < -0.39 is 0 Å². The Bertz CT molecular complexity index is 365. The molecule has 0 radical (unpaired) electrons. The van der Waals surface area contributed by atoms with Gasteiger partial charge in [-0.1, -0.05) is 39.4 Å². The van der Waals surface area contributed by atoms with Crippen molar-refractivity contribution in [3.05, 3.63) is 34.3 Å². The van der Waals surface area contributed by atoms with Gasteiger partial charge in [-0.3, -0.25) is 0 Å². The summed E-state index contributed by atoms with van der Waals surface area (Å²) in [4.78, 5) is 0. The van der Waals surface area contributed by atoms with Crippen molar-refractivity contribution in [1.29, 1.82) is 0 Å². The molecule has 0 amide bonds. The number of halogens is 2. The van der Waals surface area contributed by atoms with E-state index in [2.05, 4.69) is 27.8 Å². The molecule has 1 rings (SSSR count). The molecule has 0 aromatic heterocycles. The number of aliphatic hydroxyl groups is 1. The molecule has 0 unspecified atom stereocenters. The molecule has 0 atom stereocenters. The second kappa shape index (κ2) is 6.08. The van der Waals surface area contributed by atoms with Crippen molar-refractivity contribution in [2.24, 2.45) is 0 Å². The van der Waals surface area contributed by atoms with Crippen LogP contribution in [0.25, 0.3) is 0 Å². The molecule has 1 aromatic carbocycles. The van der Waals surface area contributed by atoms with Gasteiger partial charge in [0, 0.05) is 22.3 Å². The lowest BCUT2D eigenvalue weighted by Crippen LogP contribution is -1.86. The van der Waals surface area contributed by atoms with Gasteiger partial charge in [0.25, 0.3) is 0 Å². The standard InChI is InChI=1S/C11H10BrClO/c12-6-2-1-3-9-4-5-11(13)10(7-9)8-14/h4-5,7,14H,2,6,8H2. The second-order valence-corrected chi connectivity index (χ2v) is 3.91. The van der Waals surface area contributed by atoms with E-state index in [0.29, 0.717) is 5.02 Å². The predicted octanol–water partition coefficient (Wildman–Crippen LogP) is 2.97. The highest BCUT2D eigenvalue weighted by molar-refractivity contribution is 9.09. The van der Waals surface area contributed by atoms with E-state index in [1.54, 1.807) is 6.07 Å². The van der Waals surface area contributed by atoms with Crippen LogP contribution in [0.2, 0.25) is 5.02 Å². The zero-order valence-corrected chi connectivity index (χ0v) is 9.90. The molecule has 0 aliphatic rings. The van der Waals surface area contributed by atoms with Crippen molar-refractivity contribution in [3.8, 4) is 11.8 Å². The summed E-state index contributed by atoms with van der Waals surface area (Å²) in [6, 6.07) is 5.41. The van der Waals surface area contributed by atoms with Crippen molar-refractivity contribution in [2.75, 3.05) is 5.33 Å². The normalized spacial score (nSPS) is 9.36. The van der Waals surface area contributed by atoms with Gasteiger partial charge in [0.2, 0.25) is 0 Å². The maximum Gasteiger partial charge on any atom is 0.0696 e. The molecular weight excluding hydrogens is 263 g/mol. The lowest BCUT2D eigenvalue weighted by molar-refractivity contribution is 0.282. The predicted molar refractivity (Wildman–Crippen MR) is 62.7 cm³/mol. The van der Waals surface area contributed by atoms with Gasteiger partial charge in [-0.2, -0.15) is 0 Å². The highest BCUT2D eigenvalue weighted by Gasteiger charge is 1.98. The smallest absolute Gasteiger partial charge is 0.0696 e. The van der Waals surface area contributed by atoms with Gasteiger partial charge in [0.15, 0.2) is 0 Å². The number of rotatable bonds is 2. The summed E-state index contributed by atoms with van der Waals surface area (Å²) in [5, 5.41) is 10.4. The summed E-state index contributed by atoms with van der Waals surface area (Å²) in [5.41, 5.74) is 1.61. The highest BCUT2D eigenvalue weighted by atomic mass is 79.9. The average molecular weight is 274 g/mol. The zero-order chi connectivity index (χ0) is 10.4. The summed E-state index contributed by atoms with van der Waals surface area (Å²) >= 11 is 9.14. The first-order valence-electron chi connectivity index (χ1n) is 4.22. The van der Waals surface area contributed by atoms with Gasteiger partial charge in [0.1, 0.15) is 0 Å². The molecule has 1 N–H and O–H groups in total. The van der Waals surface area contributed by atoms with Gasteiger partial charge in [-0.15, -0.1) is 0 Å². The van der Waals surface area contributed by atoms with Crippen LogP contribution in [0, 0.1) is 11.8 Å². The topological polar surface area (TPSA) is 20.2 Å². The van der Waals surface area contributed by atoms with E-state index in [9.17, 15) is 0 Å². The van der Waals surface area contributed by atoms with Crippen LogP contribution in [0.5, 0.6) is 0 Å². The summed E-state index contributed by atoms with van der Waals surface area (Å²) in [5.74, 6) is 6.00. The fourth-order valence-electron chi connectivity index (χ4n) is 0.985. The Hall–Kier alpha value is -0.490. The van der Waals surface area contributed by atoms with E-state index in [-0.39, 0.29) is 6.61 Å². The molecule has 14 heavy (non-hydrogen) atoms. The molecule has 0 saturated heterocycles. The van der Waals surface area contributed by atoms with Crippen LogP contribution in [0.1, 0.15) is 17.5 Å². The molecule has 0 saturated carbocycles. The fourth-order valence-corrected chi connectivity index (χ4v) is 1.36. The second-order valence-electron chi connectivity index (χ2n) is 2.71. The van der Waals surface area contributed by atoms with Gasteiger partial charge >= 0.3 is 0 Å². The lowest BCUT2D eigenvalue weighted by atomic mass is 10.1. The van der Waals surface area contributed by atoms with Crippen molar-refractivity contribution < 1.29 is 5.11 Å². The number of hydrogen-bond acceptors (Lipinski definition) is 1. The SMILES string of the molecule is OCc1cc(C#CCCBr)ccc1Cl. The first-order valence-corrected chi connectivity index (χ1v) is 5.72. The molecule has 74 valence electrons. The van der Waals surface area contributed by atoms with Crippen molar-refractivity contribution in [3.63, 3.8) is 0 Å². The van der Waals surface area contributed by atoms with E-state index in [1.807, 2.05) is 12.1 Å². The summed E-state index contributed by atoms with van der Waals surface area (Å²) in [6.07, 6.45) is 0.817. The van der Waals surface area contributed by atoms with E-state index in [0.717, 1.165) is 22.9 Å². The van der Waals surface area contributed by atoms with Gasteiger partial charge in [-0.05, 0) is 23.8 Å². The third kappa shape index (κ3) is 3.34. The van der Waals surface area contributed by atoms with Crippen LogP contribution < -0.4 is 0 Å². The Labute approximate surface area is 97.2 Å². The Morgan fingerprint density at radius 3 is 2.86 bits per heavy atom. The van der Waals surface area contributed by atoms with E-state index in [4.69, 9.17) is 16.7 Å². The van der Waals surface area contributed by atoms with E-state index in [1.165, 1.54) is 0 Å². The summed E-state index contributed by atoms with van der Waals surface area (Å²) in [7, 11) is 0. The first-order chi connectivity index (χ1) is 6.77. The largest absolute Gasteiger partial charge is 0.392 e. The third-order valence-electron chi connectivity index (χ3n) is 1.67. The third-order valence-corrected chi connectivity index (χ3v) is 2.43. The maximum atomic E-state index is 8.97. The minimum Gasteiger partial charge on any atom is -0.392 e. The Morgan fingerprint density at radius 2 is 2.21 bits per heavy atom. The number of hydrogen-bond donors (Lipinski definition) is 1. The molecule has 0 heterocycles. The van der Waals surface area contributed by atoms with Crippen LogP contribution in [0.15, 0.2) is 18.2 Å². The fraction of sp³-hybridized carbons (Fsp3) is 0.273. The summed E-state index contributed by atoms with van der Waals surface area (Å²) < 4.78 is 0. The molecule has 1 aromatic rings. The number of benzene rings is 1.